The standard InChI is InChI=1S/C14H28N2O/c1-5-16(10-11(2)3)14(17)9-13-12(4)7-6-8-15-13/h11-13,15H,5-10H2,1-4H3. The number of hydrogen-bond donors (Lipinski definition) is 1. The van der Waals surface area contributed by atoms with Gasteiger partial charge < -0.3 is 10.2 Å². The van der Waals surface area contributed by atoms with Gasteiger partial charge in [-0.15, -0.1) is 0 Å². The van der Waals surface area contributed by atoms with E-state index in [-0.39, 0.29) is 0 Å². The Balaban J connectivity index is 2.45. The normalized spacial score (nSPS) is 25.0. The molecule has 1 N–H and O–H groups in total. The van der Waals surface area contributed by atoms with Crippen LogP contribution in [0.15, 0.2) is 0 Å². The van der Waals surface area contributed by atoms with Gasteiger partial charge in [-0.25, -0.2) is 0 Å². The second-order valence-electron chi connectivity index (χ2n) is 5.71. The quantitative estimate of drug-likeness (QED) is 0.799. The van der Waals surface area contributed by atoms with Crippen LogP contribution in [0.5, 0.6) is 0 Å². The van der Waals surface area contributed by atoms with Gasteiger partial charge in [-0.2, -0.15) is 0 Å². The topological polar surface area (TPSA) is 32.3 Å². The summed E-state index contributed by atoms with van der Waals surface area (Å²) >= 11 is 0. The zero-order chi connectivity index (χ0) is 12.8. The molecule has 100 valence electrons. The number of nitrogens with one attached hydrogen (secondary N) is 1. The van der Waals surface area contributed by atoms with Crippen molar-refractivity contribution in [1.82, 2.24) is 10.2 Å². The highest BCUT2D eigenvalue weighted by Crippen LogP contribution is 2.19. The van der Waals surface area contributed by atoms with Crippen LogP contribution in [0.3, 0.4) is 0 Å². The third-order valence-corrected chi connectivity index (χ3v) is 3.64. The number of nitrogens with zero attached hydrogens (tertiary/aromatic N) is 1. The van der Waals surface area contributed by atoms with Crippen molar-refractivity contribution in [1.29, 1.82) is 0 Å². The van der Waals surface area contributed by atoms with Gasteiger partial charge in [0.05, 0.1) is 0 Å². The summed E-state index contributed by atoms with van der Waals surface area (Å²) in [4.78, 5) is 14.2. The number of piperidine rings is 1. The SMILES string of the molecule is CCN(CC(C)C)C(=O)CC1NCCCC1C. The van der Waals surface area contributed by atoms with Crippen LogP contribution >= 0.6 is 0 Å². The smallest absolute Gasteiger partial charge is 0.224 e. The Labute approximate surface area is 106 Å². The zero-order valence-electron chi connectivity index (χ0n) is 11.8. The lowest BCUT2D eigenvalue weighted by atomic mass is 9.90. The number of carbonyl (C=O) groups excluding carboxylic acids is 1. The van der Waals surface area contributed by atoms with Crippen molar-refractivity contribution in [3.63, 3.8) is 0 Å². The largest absolute Gasteiger partial charge is 0.343 e. The predicted molar refractivity (Wildman–Crippen MR) is 71.9 cm³/mol. The van der Waals surface area contributed by atoms with Crippen LogP contribution in [-0.4, -0.2) is 36.5 Å². The van der Waals surface area contributed by atoms with Gasteiger partial charge in [0.1, 0.15) is 0 Å². The van der Waals surface area contributed by atoms with E-state index in [1.165, 1.54) is 12.8 Å². The van der Waals surface area contributed by atoms with Crippen LogP contribution in [0, 0.1) is 11.8 Å². The first-order valence-electron chi connectivity index (χ1n) is 7.05. The van der Waals surface area contributed by atoms with Crippen LogP contribution < -0.4 is 5.32 Å². The maximum absolute atomic E-state index is 12.2. The summed E-state index contributed by atoms with van der Waals surface area (Å²) in [5.74, 6) is 1.49. The molecule has 0 aromatic heterocycles. The molecular formula is C14H28N2O. The molecule has 1 rings (SSSR count). The summed E-state index contributed by atoms with van der Waals surface area (Å²) in [6.45, 7) is 11.4. The third-order valence-electron chi connectivity index (χ3n) is 3.64. The van der Waals surface area contributed by atoms with Gasteiger partial charge in [0.2, 0.25) is 5.91 Å². The highest BCUT2D eigenvalue weighted by Gasteiger charge is 2.25. The molecule has 0 spiro atoms. The van der Waals surface area contributed by atoms with E-state index in [2.05, 4.69) is 33.0 Å². The number of carbonyl (C=O) groups is 1. The Hall–Kier alpha value is -0.570. The minimum atomic E-state index is 0.312. The molecule has 0 radical (unpaired) electrons. The lowest BCUT2D eigenvalue weighted by Crippen LogP contribution is -2.45. The minimum Gasteiger partial charge on any atom is -0.343 e. The van der Waals surface area contributed by atoms with Gasteiger partial charge in [0.15, 0.2) is 0 Å². The van der Waals surface area contributed by atoms with Crippen molar-refractivity contribution in [2.45, 2.75) is 53.0 Å². The van der Waals surface area contributed by atoms with Crippen molar-refractivity contribution in [2.24, 2.45) is 11.8 Å². The van der Waals surface area contributed by atoms with E-state index < -0.39 is 0 Å². The van der Waals surface area contributed by atoms with E-state index in [1.807, 2.05) is 4.90 Å². The van der Waals surface area contributed by atoms with Crippen LogP contribution in [-0.2, 0) is 4.79 Å². The van der Waals surface area contributed by atoms with E-state index in [0.717, 1.165) is 19.6 Å². The molecule has 1 fully saturated rings. The lowest BCUT2D eigenvalue weighted by Gasteiger charge is -2.32. The van der Waals surface area contributed by atoms with Crippen molar-refractivity contribution in [3.05, 3.63) is 0 Å². The summed E-state index contributed by atoms with van der Waals surface area (Å²) in [5.41, 5.74) is 0. The van der Waals surface area contributed by atoms with E-state index in [4.69, 9.17) is 0 Å². The highest BCUT2D eigenvalue weighted by atomic mass is 16.2. The summed E-state index contributed by atoms with van der Waals surface area (Å²) < 4.78 is 0. The van der Waals surface area contributed by atoms with E-state index >= 15 is 0 Å². The van der Waals surface area contributed by atoms with Gasteiger partial charge in [0, 0.05) is 25.6 Å². The molecule has 0 bridgehead atoms. The predicted octanol–water partition coefficient (Wildman–Crippen LogP) is 2.27. The first-order chi connectivity index (χ1) is 8.04. The summed E-state index contributed by atoms with van der Waals surface area (Å²) in [7, 11) is 0. The van der Waals surface area contributed by atoms with Crippen LogP contribution in [0.1, 0.15) is 47.0 Å². The van der Waals surface area contributed by atoms with Crippen molar-refractivity contribution in [3.8, 4) is 0 Å². The molecule has 3 nitrogen and oxygen atoms in total. The summed E-state index contributed by atoms with van der Waals surface area (Å²) in [6.07, 6.45) is 3.17. The molecule has 0 aromatic rings. The molecule has 17 heavy (non-hydrogen) atoms. The molecule has 0 aromatic carbocycles. The Morgan fingerprint density at radius 1 is 1.47 bits per heavy atom. The lowest BCUT2D eigenvalue weighted by molar-refractivity contribution is -0.132. The Bertz CT molecular complexity index is 240. The number of rotatable bonds is 5. The van der Waals surface area contributed by atoms with Gasteiger partial charge >= 0.3 is 0 Å². The number of hydrogen-bond acceptors (Lipinski definition) is 2. The summed E-state index contributed by atoms with van der Waals surface area (Å²) in [6, 6.07) is 0.387. The highest BCUT2D eigenvalue weighted by molar-refractivity contribution is 5.76. The van der Waals surface area contributed by atoms with Gasteiger partial charge in [-0.3, -0.25) is 4.79 Å². The molecule has 1 saturated heterocycles. The molecule has 3 heteroatoms. The number of amides is 1. The molecule has 1 aliphatic rings. The van der Waals surface area contributed by atoms with Crippen LogP contribution in [0.25, 0.3) is 0 Å². The maximum atomic E-state index is 12.2. The molecule has 0 aliphatic carbocycles. The van der Waals surface area contributed by atoms with E-state index in [9.17, 15) is 4.79 Å². The van der Waals surface area contributed by atoms with Crippen molar-refractivity contribution >= 4 is 5.91 Å². The molecule has 2 unspecified atom stereocenters. The van der Waals surface area contributed by atoms with Crippen LogP contribution in [0.2, 0.25) is 0 Å². The fraction of sp³-hybridized carbons (Fsp3) is 0.929. The maximum Gasteiger partial charge on any atom is 0.224 e. The van der Waals surface area contributed by atoms with E-state index in [1.54, 1.807) is 0 Å². The van der Waals surface area contributed by atoms with Crippen LogP contribution in [0.4, 0.5) is 0 Å². The Kier molecular flexibility index (Phi) is 5.96. The van der Waals surface area contributed by atoms with Gasteiger partial charge in [-0.05, 0) is 38.1 Å². The fourth-order valence-corrected chi connectivity index (χ4v) is 2.55. The molecule has 1 heterocycles. The monoisotopic (exact) mass is 240 g/mol. The average Bonchev–Trinajstić information content (AvgIpc) is 2.28. The Morgan fingerprint density at radius 3 is 2.71 bits per heavy atom. The molecule has 2 atom stereocenters. The first kappa shape index (κ1) is 14.5. The van der Waals surface area contributed by atoms with E-state index in [0.29, 0.717) is 30.2 Å². The summed E-state index contributed by atoms with van der Waals surface area (Å²) in [5, 5.41) is 3.48. The molecule has 0 saturated carbocycles. The average molecular weight is 240 g/mol. The van der Waals surface area contributed by atoms with Gasteiger partial charge in [0.25, 0.3) is 0 Å². The third kappa shape index (κ3) is 4.66. The van der Waals surface area contributed by atoms with Crippen molar-refractivity contribution < 1.29 is 4.79 Å². The van der Waals surface area contributed by atoms with Crippen molar-refractivity contribution in [2.75, 3.05) is 19.6 Å². The van der Waals surface area contributed by atoms with Gasteiger partial charge in [-0.1, -0.05) is 20.8 Å². The Morgan fingerprint density at radius 2 is 2.18 bits per heavy atom. The first-order valence-corrected chi connectivity index (χ1v) is 7.05. The second-order valence-corrected chi connectivity index (χ2v) is 5.71. The minimum absolute atomic E-state index is 0.312. The molecule has 1 amide bonds. The second kappa shape index (κ2) is 7.00. The fourth-order valence-electron chi connectivity index (χ4n) is 2.55. The molecule has 1 aliphatic heterocycles. The molecular weight excluding hydrogens is 212 g/mol. The zero-order valence-corrected chi connectivity index (χ0v) is 11.8.